The van der Waals surface area contributed by atoms with Gasteiger partial charge in [-0.1, -0.05) is 0 Å². The number of hydrogen-bond acceptors (Lipinski definition) is 2. The first-order valence-corrected chi connectivity index (χ1v) is 3.39. The molecule has 0 saturated heterocycles. The van der Waals surface area contributed by atoms with E-state index in [9.17, 15) is 9.18 Å². The fourth-order valence-corrected chi connectivity index (χ4v) is 1.13. The van der Waals surface area contributed by atoms with Crippen molar-refractivity contribution in [1.29, 1.82) is 0 Å². The van der Waals surface area contributed by atoms with E-state index in [1.165, 1.54) is 0 Å². The Kier molecular flexibility index (Phi) is 1.40. The molecule has 12 heavy (non-hydrogen) atoms. The van der Waals surface area contributed by atoms with Crippen LogP contribution in [0.4, 0.5) is 4.39 Å². The molecular formula is C8H5FN2O. The van der Waals surface area contributed by atoms with E-state index in [2.05, 4.69) is 9.97 Å². The smallest absolute Gasteiger partial charge is 0.170 e. The molecule has 0 aliphatic heterocycles. The number of aldehydes is 1. The fourth-order valence-electron chi connectivity index (χ4n) is 1.13. The second-order valence-electron chi connectivity index (χ2n) is 2.38. The van der Waals surface area contributed by atoms with Crippen molar-refractivity contribution in [1.82, 2.24) is 9.97 Å². The first-order chi connectivity index (χ1) is 5.83. The van der Waals surface area contributed by atoms with E-state index in [1.54, 1.807) is 12.3 Å². The number of fused-ring (bicyclic) bond motifs is 1. The molecule has 1 N–H and O–H groups in total. The van der Waals surface area contributed by atoms with Crippen LogP contribution in [0.15, 0.2) is 18.5 Å². The first-order valence-electron chi connectivity index (χ1n) is 3.39. The summed E-state index contributed by atoms with van der Waals surface area (Å²) in [6.07, 6.45) is 3.21. The molecule has 2 rings (SSSR count). The number of carbonyl (C=O) groups excluding carboxylic acids is 1. The number of nitrogens with zero attached hydrogens (tertiary/aromatic N) is 1. The lowest BCUT2D eigenvalue weighted by Gasteiger charge is -1.93. The summed E-state index contributed by atoms with van der Waals surface area (Å²) in [5.41, 5.74) is 0.682. The molecule has 0 unspecified atom stereocenters. The van der Waals surface area contributed by atoms with Crippen molar-refractivity contribution in [3.8, 4) is 0 Å². The Bertz CT molecular complexity index is 436. The first kappa shape index (κ1) is 6.97. The molecule has 2 heterocycles. The average molecular weight is 164 g/mol. The zero-order valence-corrected chi connectivity index (χ0v) is 6.04. The molecule has 0 bridgehead atoms. The summed E-state index contributed by atoms with van der Waals surface area (Å²) in [4.78, 5) is 16.8. The summed E-state index contributed by atoms with van der Waals surface area (Å²) < 4.78 is 12.9. The van der Waals surface area contributed by atoms with Gasteiger partial charge in [0.2, 0.25) is 0 Å². The van der Waals surface area contributed by atoms with E-state index in [0.29, 0.717) is 17.2 Å². The summed E-state index contributed by atoms with van der Waals surface area (Å²) >= 11 is 0. The molecule has 0 aliphatic carbocycles. The summed E-state index contributed by atoms with van der Waals surface area (Å²) in [5.74, 6) is -0.420. The highest BCUT2D eigenvalue weighted by Gasteiger charge is 2.06. The van der Waals surface area contributed by atoms with Crippen molar-refractivity contribution in [2.24, 2.45) is 0 Å². The van der Waals surface area contributed by atoms with E-state index in [4.69, 9.17) is 0 Å². The van der Waals surface area contributed by atoms with Gasteiger partial charge in [-0.15, -0.1) is 0 Å². The second kappa shape index (κ2) is 2.41. The number of nitrogens with one attached hydrogen (secondary N) is 1. The normalized spacial score (nSPS) is 10.4. The largest absolute Gasteiger partial charge is 0.359 e. The van der Waals surface area contributed by atoms with E-state index in [-0.39, 0.29) is 5.69 Å². The van der Waals surface area contributed by atoms with Crippen molar-refractivity contribution < 1.29 is 9.18 Å². The van der Waals surface area contributed by atoms with Crippen LogP contribution in [0.3, 0.4) is 0 Å². The molecule has 0 fully saturated rings. The van der Waals surface area contributed by atoms with Crippen molar-refractivity contribution in [3.05, 3.63) is 30.0 Å². The summed E-state index contributed by atoms with van der Waals surface area (Å²) in [7, 11) is 0. The highest BCUT2D eigenvalue weighted by Crippen LogP contribution is 2.16. The predicted octanol–water partition coefficient (Wildman–Crippen LogP) is 1.51. The summed E-state index contributed by atoms with van der Waals surface area (Å²) in [6.45, 7) is 0. The van der Waals surface area contributed by atoms with Crippen molar-refractivity contribution >= 4 is 17.2 Å². The highest BCUT2D eigenvalue weighted by molar-refractivity contribution is 5.93. The average Bonchev–Trinajstić information content (AvgIpc) is 2.54. The molecule has 0 saturated carbocycles. The molecule has 2 aromatic heterocycles. The maximum atomic E-state index is 12.9. The van der Waals surface area contributed by atoms with Crippen LogP contribution >= 0.6 is 0 Å². The lowest BCUT2D eigenvalue weighted by molar-refractivity contribution is 0.112. The Labute approximate surface area is 67.2 Å². The topological polar surface area (TPSA) is 45.8 Å². The maximum Gasteiger partial charge on any atom is 0.170 e. The molecule has 0 aromatic carbocycles. The minimum Gasteiger partial charge on any atom is -0.359 e. The van der Waals surface area contributed by atoms with E-state index < -0.39 is 5.82 Å². The number of carbonyl (C=O) groups is 1. The zero-order chi connectivity index (χ0) is 8.55. The molecule has 2 aromatic rings. The predicted molar refractivity (Wildman–Crippen MR) is 41.4 cm³/mol. The third-order valence-electron chi connectivity index (χ3n) is 1.69. The molecular weight excluding hydrogens is 159 g/mol. The van der Waals surface area contributed by atoms with E-state index >= 15 is 0 Å². The van der Waals surface area contributed by atoms with Gasteiger partial charge in [-0.05, 0) is 6.07 Å². The number of rotatable bonds is 1. The van der Waals surface area contributed by atoms with Crippen LogP contribution in [-0.4, -0.2) is 16.3 Å². The molecule has 0 amide bonds. The van der Waals surface area contributed by atoms with Crippen molar-refractivity contribution in [3.63, 3.8) is 0 Å². The Morgan fingerprint density at radius 2 is 2.42 bits per heavy atom. The third kappa shape index (κ3) is 0.812. The van der Waals surface area contributed by atoms with Crippen molar-refractivity contribution in [2.45, 2.75) is 0 Å². The van der Waals surface area contributed by atoms with Crippen LogP contribution in [0.1, 0.15) is 10.5 Å². The third-order valence-corrected chi connectivity index (χ3v) is 1.69. The van der Waals surface area contributed by atoms with Gasteiger partial charge < -0.3 is 4.98 Å². The highest BCUT2D eigenvalue weighted by atomic mass is 19.1. The van der Waals surface area contributed by atoms with Gasteiger partial charge >= 0.3 is 0 Å². The van der Waals surface area contributed by atoms with E-state index in [1.807, 2.05) is 0 Å². The Morgan fingerprint density at radius 1 is 1.58 bits per heavy atom. The van der Waals surface area contributed by atoms with Gasteiger partial charge in [0.05, 0.1) is 11.7 Å². The standard InChI is InChI=1S/C8H5FN2O/c9-6-3-11-7(4-12)8-5(6)1-2-10-8/h1-4,10H. The van der Waals surface area contributed by atoms with Gasteiger partial charge in [0.1, 0.15) is 5.69 Å². The van der Waals surface area contributed by atoms with Gasteiger partial charge in [-0.3, -0.25) is 4.79 Å². The van der Waals surface area contributed by atoms with Gasteiger partial charge in [0.15, 0.2) is 12.1 Å². The van der Waals surface area contributed by atoms with E-state index in [0.717, 1.165) is 6.20 Å². The molecule has 4 heteroatoms. The quantitative estimate of drug-likeness (QED) is 0.649. The molecule has 3 nitrogen and oxygen atoms in total. The maximum absolute atomic E-state index is 12.9. The number of H-pyrrole nitrogens is 1. The number of hydrogen-bond donors (Lipinski definition) is 1. The van der Waals surface area contributed by atoms with Gasteiger partial charge in [0, 0.05) is 11.6 Å². The minimum absolute atomic E-state index is 0.233. The lowest BCUT2D eigenvalue weighted by atomic mass is 10.2. The monoisotopic (exact) mass is 164 g/mol. The van der Waals surface area contributed by atoms with Gasteiger partial charge in [-0.2, -0.15) is 0 Å². The molecule has 0 atom stereocenters. The van der Waals surface area contributed by atoms with Crippen molar-refractivity contribution in [2.75, 3.05) is 0 Å². The Hall–Kier alpha value is -1.71. The number of aromatic nitrogens is 2. The van der Waals surface area contributed by atoms with Crippen LogP contribution in [0, 0.1) is 5.82 Å². The fraction of sp³-hybridized carbons (Fsp3) is 0. The number of aromatic amines is 1. The van der Waals surface area contributed by atoms with Crippen LogP contribution in [0.5, 0.6) is 0 Å². The molecule has 0 aliphatic rings. The molecule has 0 radical (unpaired) electrons. The van der Waals surface area contributed by atoms with Gasteiger partial charge in [0.25, 0.3) is 0 Å². The number of halogens is 1. The van der Waals surface area contributed by atoms with Crippen LogP contribution in [-0.2, 0) is 0 Å². The number of pyridine rings is 1. The summed E-state index contributed by atoms with van der Waals surface area (Å²) in [6, 6.07) is 1.57. The second-order valence-corrected chi connectivity index (χ2v) is 2.38. The Balaban J connectivity index is 2.91. The SMILES string of the molecule is O=Cc1ncc(F)c2cc[nH]c12. The lowest BCUT2D eigenvalue weighted by Crippen LogP contribution is -1.90. The van der Waals surface area contributed by atoms with Crippen LogP contribution < -0.4 is 0 Å². The van der Waals surface area contributed by atoms with Gasteiger partial charge in [-0.25, -0.2) is 9.37 Å². The minimum atomic E-state index is -0.420. The Morgan fingerprint density at radius 3 is 3.17 bits per heavy atom. The van der Waals surface area contributed by atoms with Crippen LogP contribution in [0.2, 0.25) is 0 Å². The zero-order valence-electron chi connectivity index (χ0n) is 6.04. The summed E-state index contributed by atoms with van der Waals surface area (Å²) in [5, 5.41) is 0.395. The molecule has 60 valence electrons. The van der Waals surface area contributed by atoms with Crippen LogP contribution in [0.25, 0.3) is 10.9 Å². The molecule has 0 spiro atoms.